The predicted molar refractivity (Wildman–Crippen MR) is 90.9 cm³/mol. The molecule has 0 aromatic carbocycles. The number of nitrogens with zero attached hydrogens (tertiary/aromatic N) is 2. The third-order valence-electron chi connectivity index (χ3n) is 4.67. The van der Waals surface area contributed by atoms with Gasteiger partial charge >= 0.3 is 0 Å². The molecule has 0 radical (unpaired) electrons. The number of hydrogen-bond acceptors (Lipinski definition) is 3. The molecule has 2 heterocycles. The van der Waals surface area contributed by atoms with Crippen LogP contribution in [0.15, 0.2) is 12.1 Å². The number of nitrogens with one attached hydrogen (secondary N) is 1. The first kappa shape index (κ1) is 16.3. The largest absolute Gasteiger partial charge is 0.357 e. The van der Waals surface area contributed by atoms with Gasteiger partial charge in [-0.15, -0.1) is 0 Å². The van der Waals surface area contributed by atoms with Crippen molar-refractivity contribution >= 4 is 5.82 Å². The van der Waals surface area contributed by atoms with Crippen LogP contribution in [0.4, 0.5) is 5.82 Å². The van der Waals surface area contributed by atoms with Gasteiger partial charge in [0, 0.05) is 25.3 Å². The molecule has 0 spiro atoms. The highest BCUT2D eigenvalue weighted by Gasteiger charge is 2.22. The van der Waals surface area contributed by atoms with Gasteiger partial charge < -0.3 is 10.2 Å². The van der Waals surface area contributed by atoms with Gasteiger partial charge in [-0.3, -0.25) is 0 Å². The second kappa shape index (κ2) is 7.26. The van der Waals surface area contributed by atoms with E-state index >= 15 is 0 Å². The fourth-order valence-corrected chi connectivity index (χ4v) is 3.15. The summed E-state index contributed by atoms with van der Waals surface area (Å²) >= 11 is 0. The van der Waals surface area contributed by atoms with E-state index in [9.17, 15) is 0 Å². The Bertz CT molecular complexity index is 446. The molecule has 0 amide bonds. The molecule has 0 unspecified atom stereocenters. The third-order valence-corrected chi connectivity index (χ3v) is 4.67. The highest BCUT2D eigenvalue weighted by atomic mass is 15.2. The van der Waals surface area contributed by atoms with Crippen LogP contribution in [-0.2, 0) is 6.54 Å². The molecule has 1 aromatic rings. The molecule has 1 saturated heterocycles. The van der Waals surface area contributed by atoms with Crippen molar-refractivity contribution in [2.45, 2.75) is 53.0 Å². The van der Waals surface area contributed by atoms with Gasteiger partial charge in [-0.2, -0.15) is 0 Å². The molecule has 3 heteroatoms. The minimum atomic E-state index is 0.480. The average Bonchev–Trinajstić information content (AvgIpc) is 2.47. The maximum absolute atomic E-state index is 4.91. The van der Waals surface area contributed by atoms with Crippen LogP contribution in [0, 0.1) is 11.8 Å². The fraction of sp³-hybridized carbons (Fsp3) is 0.722. The molecule has 21 heavy (non-hydrogen) atoms. The Morgan fingerprint density at radius 3 is 2.38 bits per heavy atom. The van der Waals surface area contributed by atoms with E-state index in [1.54, 1.807) is 0 Å². The lowest BCUT2D eigenvalue weighted by Gasteiger charge is -2.35. The van der Waals surface area contributed by atoms with Gasteiger partial charge in [-0.05, 0) is 55.3 Å². The first-order chi connectivity index (χ1) is 10.0. The first-order valence-corrected chi connectivity index (χ1v) is 8.41. The highest BCUT2D eigenvalue weighted by Crippen LogP contribution is 2.28. The van der Waals surface area contributed by atoms with E-state index in [0.29, 0.717) is 5.92 Å². The molecule has 0 aliphatic carbocycles. The summed E-state index contributed by atoms with van der Waals surface area (Å²) < 4.78 is 0. The summed E-state index contributed by atoms with van der Waals surface area (Å²) in [4.78, 5) is 7.38. The summed E-state index contributed by atoms with van der Waals surface area (Å²) in [7, 11) is 2.00. The van der Waals surface area contributed by atoms with E-state index < -0.39 is 0 Å². The van der Waals surface area contributed by atoms with Crippen molar-refractivity contribution in [2.75, 3.05) is 25.0 Å². The van der Waals surface area contributed by atoms with Crippen LogP contribution in [0.25, 0.3) is 0 Å². The van der Waals surface area contributed by atoms with E-state index in [0.717, 1.165) is 31.5 Å². The van der Waals surface area contributed by atoms with Gasteiger partial charge in [0.25, 0.3) is 0 Å². The summed E-state index contributed by atoms with van der Waals surface area (Å²) in [5.74, 6) is 3.34. The Morgan fingerprint density at radius 2 is 1.86 bits per heavy atom. The minimum absolute atomic E-state index is 0.480. The van der Waals surface area contributed by atoms with Gasteiger partial charge in [-0.25, -0.2) is 4.98 Å². The molecule has 1 N–H and O–H groups in total. The summed E-state index contributed by atoms with van der Waals surface area (Å²) in [6.45, 7) is 12.4. The van der Waals surface area contributed by atoms with Crippen LogP contribution in [0.3, 0.4) is 0 Å². The molecule has 118 valence electrons. The van der Waals surface area contributed by atoms with E-state index in [4.69, 9.17) is 4.98 Å². The van der Waals surface area contributed by atoms with Gasteiger partial charge in [0.05, 0.1) is 0 Å². The zero-order valence-corrected chi connectivity index (χ0v) is 14.3. The topological polar surface area (TPSA) is 28.2 Å². The maximum atomic E-state index is 4.91. The fourth-order valence-electron chi connectivity index (χ4n) is 3.15. The lowest BCUT2D eigenvalue weighted by atomic mass is 9.87. The molecule has 1 aromatic heterocycles. The standard InChI is InChI=1S/C18H31N3/c1-13(2)16-6-8-21(9-7-16)18-11-15(12-19-5)10-17(20-18)14(3)4/h10-11,13-14,16,19H,6-9,12H2,1-5H3. The third kappa shape index (κ3) is 4.19. The van der Waals surface area contributed by atoms with Crippen LogP contribution in [0.5, 0.6) is 0 Å². The van der Waals surface area contributed by atoms with Crippen molar-refractivity contribution in [3.05, 3.63) is 23.4 Å². The van der Waals surface area contributed by atoms with E-state index in [2.05, 4.69) is 50.0 Å². The minimum Gasteiger partial charge on any atom is -0.357 e. The molecule has 0 bridgehead atoms. The molecular formula is C18H31N3. The van der Waals surface area contributed by atoms with Crippen LogP contribution < -0.4 is 10.2 Å². The van der Waals surface area contributed by atoms with Gasteiger partial charge in [-0.1, -0.05) is 27.7 Å². The molecule has 1 aliphatic heterocycles. The summed E-state index contributed by atoms with van der Waals surface area (Å²) in [5.41, 5.74) is 2.56. The molecule has 1 aliphatic rings. The average molecular weight is 289 g/mol. The van der Waals surface area contributed by atoms with Crippen LogP contribution in [0.2, 0.25) is 0 Å². The van der Waals surface area contributed by atoms with E-state index in [1.807, 2.05) is 7.05 Å². The van der Waals surface area contributed by atoms with Crippen molar-refractivity contribution in [3.8, 4) is 0 Å². The van der Waals surface area contributed by atoms with Crippen LogP contribution >= 0.6 is 0 Å². The zero-order valence-electron chi connectivity index (χ0n) is 14.3. The second-order valence-electron chi connectivity index (χ2n) is 7.01. The summed E-state index contributed by atoms with van der Waals surface area (Å²) in [6.07, 6.45) is 2.60. The number of pyridine rings is 1. The Hall–Kier alpha value is -1.09. The molecule has 0 saturated carbocycles. The quantitative estimate of drug-likeness (QED) is 0.893. The highest BCUT2D eigenvalue weighted by molar-refractivity contribution is 5.43. The predicted octanol–water partition coefficient (Wildman–Crippen LogP) is 3.80. The number of hydrogen-bond donors (Lipinski definition) is 1. The number of aromatic nitrogens is 1. The normalized spacial score (nSPS) is 17.0. The molecule has 3 nitrogen and oxygen atoms in total. The monoisotopic (exact) mass is 289 g/mol. The smallest absolute Gasteiger partial charge is 0.129 e. The lowest BCUT2D eigenvalue weighted by Crippen LogP contribution is -2.36. The van der Waals surface area contributed by atoms with Gasteiger partial charge in [0.1, 0.15) is 5.82 Å². The van der Waals surface area contributed by atoms with Crippen molar-refractivity contribution in [1.29, 1.82) is 0 Å². The molecule has 1 fully saturated rings. The van der Waals surface area contributed by atoms with Crippen molar-refractivity contribution in [3.63, 3.8) is 0 Å². The van der Waals surface area contributed by atoms with E-state index in [1.165, 1.54) is 29.9 Å². The molecule has 2 rings (SSSR count). The lowest BCUT2D eigenvalue weighted by molar-refractivity contribution is 0.310. The summed E-state index contributed by atoms with van der Waals surface area (Å²) in [5, 5.41) is 3.26. The Balaban J connectivity index is 2.15. The molecule has 0 atom stereocenters. The SMILES string of the molecule is CNCc1cc(C(C)C)nc(N2CCC(C(C)C)CC2)c1. The van der Waals surface area contributed by atoms with E-state index in [-0.39, 0.29) is 0 Å². The maximum Gasteiger partial charge on any atom is 0.129 e. The van der Waals surface area contributed by atoms with Crippen molar-refractivity contribution < 1.29 is 0 Å². The van der Waals surface area contributed by atoms with Gasteiger partial charge in [0.2, 0.25) is 0 Å². The van der Waals surface area contributed by atoms with Crippen LogP contribution in [-0.4, -0.2) is 25.1 Å². The number of anilines is 1. The Kier molecular flexibility index (Phi) is 5.63. The van der Waals surface area contributed by atoms with Crippen LogP contribution in [0.1, 0.15) is 57.7 Å². The Morgan fingerprint density at radius 1 is 1.19 bits per heavy atom. The first-order valence-electron chi connectivity index (χ1n) is 8.41. The Labute approximate surface area is 130 Å². The van der Waals surface area contributed by atoms with Crippen molar-refractivity contribution in [2.24, 2.45) is 11.8 Å². The second-order valence-corrected chi connectivity index (χ2v) is 7.01. The number of piperidine rings is 1. The van der Waals surface area contributed by atoms with Gasteiger partial charge in [0.15, 0.2) is 0 Å². The summed E-state index contributed by atoms with van der Waals surface area (Å²) in [6, 6.07) is 4.50. The zero-order chi connectivity index (χ0) is 15.4. The van der Waals surface area contributed by atoms with Crippen molar-refractivity contribution in [1.82, 2.24) is 10.3 Å². The molecular weight excluding hydrogens is 258 g/mol. The number of rotatable bonds is 5.